The second-order valence-electron chi connectivity index (χ2n) is 4.68. The third-order valence-electron chi connectivity index (χ3n) is 2.77. The SMILES string of the molecule is CCCCOc1ccc(C)cc1C(=O)CSCCC. The van der Waals surface area contributed by atoms with Crippen LogP contribution in [0.2, 0.25) is 0 Å². The maximum Gasteiger partial charge on any atom is 0.176 e. The highest BCUT2D eigenvalue weighted by Gasteiger charge is 2.12. The van der Waals surface area contributed by atoms with Gasteiger partial charge in [0.25, 0.3) is 0 Å². The standard InChI is InChI=1S/C16H24O2S/c1-4-6-9-18-16-8-7-13(3)11-14(16)15(17)12-19-10-5-2/h7-8,11H,4-6,9-10,12H2,1-3H3. The van der Waals surface area contributed by atoms with E-state index < -0.39 is 0 Å². The summed E-state index contributed by atoms with van der Waals surface area (Å²) in [6.45, 7) is 6.95. The monoisotopic (exact) mass is 280 g/mol. The Bertz CT molecular complexity index is 402. The van der Waals surface area contributed by atoms with Gasteiger partial charge in [0.05, 0.1) is 17.9 Å². The highest BCUT2D eigenvalue weighted by molar-refractivity contribution is 7.99. The van der Waals surface area contributed by atoms with Gasteiger partial charge in [-0.25, -0.2) is 0 Å². The van der Waals surface area contributed by atoms with E-state index in [9.17, 15) is 4.79 Å². The van der Waals surface area contributed by atoms with E-state index in [1.54, 1.807) is 11.8 Å². The molecule has 1 rings (SSSR count). The lowest BCUT2D eigenvalue weighted by atomic mass is 10.1. The minimum atomic E-state index is 0.175. The van der Waals surface area contributed by atoms with Gasteiger partial charge < -0.3 is 4.74 Å². The number of ketones is 1. The van der Waals surface area contributed by atoms with Crippen LogP contribution in [0.5, 0.6) is 5.75 Å². The van der Waals surface area contributed by atoms with E-state index >= 15 is 0 Å². The van der Waals surface area contributed by atoms with Crippen molar-refractivity contribution in [1.29, 1.82) is 0 Å². The molecule has 0 fully saturated rings. The van der Waals surface area contributed by atoms with E-state index in [0.29, 0.717) is 12.4 Å². The van der Waals surface area contributed by atoms with Crippen molar-refractivity contribution in [1.82, 2.24) is 0 Å². The van der Waals surface area contributed by atoms with Gasteiger partial charge in [-0.3, -0.25) is 4.79 Å². The quantitative estimate of drug-likeness (QED) is 0.492. The minimum Gasteiger partial charge on any atom is -0.493 e. The molecule has 1 aromatic carbocycles. The summed E-state index contributed by atoms with van der Waals surface area (Å²) in [5, 5.41) is 0. The number of benzene rings is 1. The van der Waals surface area contributed by atoms with Crippen molar-refractivity contribution in [3.8, 4) is 5.75 Å². The maximum absolute atomic E-state index is 12.2. The number of thioether (sulfide) groups is 1. The number of hydrogen-bond donors (Lipinski definition) is 0. The van der Waals surface area contributed by atoms with Crippen molar-refractivity contribution < 1.29 is 9.53 Å². The molecule has 0 saturated heterocycles. The van der Waals surface area contributed by atoms with Crippen LogP contribution >= 0.6 is 11.8 Å². The van der Waals surface area contributed by atoms with Crippen LogP contribution < -0.4 is 4.74 Å². The lowest BCUT2D eigenvalue weighted by Crippen LogP contribution is -2.08. The molecule has 0 aliphatic carbocycles. The van der Waals surface area contributed by atoms with E-state index in [4.69, 9.17) is 4.74 Å². The van der Waals surface area contributed by atoms with Crippen LogP contribution in [-0.4, -0.2) is 23.9 Å². The predicted molar refractivity (Wildman–Crippen MR) is 83.5 cm³/mol. The largest absolute Gasteiger partial charge is 0.493 e. The van der Waals surface area contributed by atoms with E-state index in [-0.39, 0.29) is 5.78 Å². The van der Waals surface area contributed by atoms with Crippen LogP contribution in [0.25, 0.3) is 0 Å². The Kier molecular flexibility index (Phi) is 7.65. The second kappa shape index (κ2) is 9.03. The molecule has 0 spiro atoms. The van der Waals surface area contributed by atoms with Crippen molar-refractivity contribution in [3.05, 3.63) is 29.3 Å². The summed E-state index contributed by atoms with van der Waals surface area (Å²) in [6.07, 6.45) is 3.22. The molecule has 0 N–H and O–H groups in total. The van der Waals surface area contributed by atoms with Gasteiger partial charge in [-0.05, 0) is 37.7 Å². The number of aryl methyl sites for hydroxylation is 1. The van der Waals surface area contributed by atoms with Gasteiger partial charge in [-0.15, -0.1) is 0 Å². The summed E-state index contributed by atoms with van der Waals surface area (Å²) in [6, 6.07) is 5.86. The van der Waals surface area contributed by atoms with Gasteiger partial charge in [-0.1, -0.05) is 31.9 Å². The zero-order chi connectivity index (χ0) is 14.1. The number of ether oxygens (including phenoxy) is 1. The van der Waals surface area contributed by atoms with Crippen molar-refractivity contribution in [2.24, 2.45) is 0 Å². The predicted octanol–water partition coefficient (Wildman–Crippen LogP) is 4.50. The molecule has 0 bridgehead atoms. The first-order valence-electron chi connectivity index (χ1n) is 7.03. The Balaban J connectivity index is 2.72. The van der Waals surface area contributed by atoms with Crippen molar-refractivity contribution >= 4 is 17.5 Å². The van der Waals surface area contributed by atoms with E-state index in [1.807, 2.05) is 25.1 Å². The molecule has 0 radical (unpaired) electrons. The van der Waals surface area contributed by atoms with Crippen LogP contribution in [0.4, 0.5) is 0 Å². The minimum absolute atomic E-state index is 0.175. The molecule has 0 aliphatic heterocycles. The first-order chi connectivity index (χ1) is 9.19. The molecule has 0 atom stereocenters. The molecule has 1 aromatic rings. The lowest BCUT2D eigenvalue weighted by Gasteiger charge is -2.11. The zero-order valence-electron chi connectivity index (χ0n) is 12.2. The molecular formula is C16H24O2S. The third kappa shape index (κ3) is 5.68. The average molecular weight is 280 g/mol. The lowest BCUT2D eigenvalue weighted by molar-refractivity contribution is 0.101. The third-order valence-corrected chi connectivity index (χ3v) is 3.94. The molecule has 0 unspecified atom stereocenters. The number of Topliss-reactive ketones (excluding diaryl/α,β-unsaturated/α-hetero) is 1. The van der Waals surface area contributed by atoms with Crippen LogP contribution in [-0.2, 0) is 0 Å². The first kappa shape index (κ1) is 16.1. The number of carbonyl (C=O) groups excluding carboxylic acids is 1. The van der Waals surface area contributed by atoms with E-state index in [1.165, 1.54) is 0 Å². The summed E-state index contributed by atoms with van der Waals surface area (Å²) in [5.41, 5.74) is 1.84. The summed E-state index contributed by atoms with van der Waals surface area (Å²) in [7, 11) is 0. The number of unbranched alkanes of at least 4 members (excludes halogenated alkanes) is 1. The summed E-state index contributed by atoms with van der Waals surface area (Å²) in [5.74, 6) is 2.49. The highest BCUT2D eigenvalue weighted by atomic mass is 32.2. The van der Waals surface area contributed by atoms with Gasteiger partial charge in [0, 0.05) is 0 Å². The molecule has 0 amide bonds. The Morgan fingerprint density at radius 2 is 2.05 bits per heavy atom. The van der Waals surface area contributed by atoms with Crippen LogP contribution in [0, 0.1) is 6.92 Å². The molecular weight excluding hydrogens is 256 g/mol. The fourth-order valence-corrected chi connectivity index (χ4v) is 2.47. The second-order valence-corrected chi connectivity index (χ2v) is 5.78. The van der Waals surface area contributed by atoms with Crippen LogP contribution in [0.1, 0.15) is 49.0 Å². The number of rotatable bonds is 9. The highest BCUT2D eigenvalue weighted by Crippen LogP contribution is 2.22. The van der Waals surface area contributed by atoms with Gasteiger partial charge in [0.1, 0.15) is 5.75 Å². The molecule has 0 aliphatic rings. The smallest absolute Gasteiger partial charge is 0.176 e. The molecule has 2 nitrogen and oxygen atoms in total. The fourth-order valence-electron chi connectivity index (χ4n) is 1.70. The first-order valence-corrected chi connectivity index (χ1v) is 8.18. The van der Waals surface area contributed by atoms with Crippen molar-refractivity contribution in [2.45, 2.75) is 40.0 Å². The molecule has 106 valence electrons. The van der Waals surface area contributed by atoms with Gasteiger partial charge in [0.15, 0.2) is 5.78 Å². The molecule has 0 saturated carbocycles. The van der Waals surface area contributed by atoms with Crippen molar-refractivity contribution in [2.75, 3.05) is 18.1 Å². The Hall–Kier alpha value is -0.960. The molecule has 0 aromatic heterocycles. The van der Waals surface area contributed by atoms with Crippen LogP contribution in [0.3, 0.4) is 0 Å². The average Bonchev–Trinajstić information content (AvgIpc) is 2.40. The molecule has 3 heteroatoms. The number of hydrogen-bond acceptors (Lipinski definition) is 3. The Morgan fingerprint density at radius 1 is 1.26 bits per heavy atom. The number of carbonyl (C=O) groups is 1. The van der Waals surface area contributed by atoms with Crippen LogP contribution in [0.15, 0.2) is 18.2 Å². The molecule has 0 heterocycles. The summed E-state index contributed by atoms with van der Waals surface area (Å²) < 4.78 is 5.73. The summed E-state index contributed by atoms with van der Waals surface area (Å²) >= 11 is 1.69. The molecule has 19 heavy (non-hydrogen) atoms. The van der Waals surface area contributed by atoms with Gasteiger partial charge in [-0.2, -0.15) is 11.8 Å². The van der Waals surface area contributed by atoms with Crippen molar-refractivity contribution in [3.63, 3.8) is 0 Å². The topological polar surface area (TPSA) is 26.3 Å². The zero-order valence-corrected chi connectivity index (χ0v) is 13.0. The van der Waals surface area contributed by atoms with Gasteiger partial charge >= 0.3 is 0 Å². The normalized spacial score (nSPS) is 10.5. The van der Waals surface area contributed by atoms with E-state index in [0.717, 1.165) is 41.9 Å². The Labute approximate surface area is 120 Å². The van der Waals surface area contributed by atoms with Gasteiger partial charge in [0.2, 0.25) is 0 Å². The summed E-state index contributed by atoms with van der Waals surface area (Å²) in [4.78, 5) is 12.2. The maximum atomic E-state index is 12.2. The van der Waals surface area contributed by atoms with E-state index in [2.05, 4.69) is 13.8 Å². The fraction of sp³-hybridized carbons (Fsp3) is 0.562. The Morgan fingerprint density at radius 3 is 2.74 bits per heavy atom.